The second-order valence-corrected chi connectivity index (χ2v) is 5.41. The Kier molecular flexibility index (Phi) is 7.03. The minimum atomic E-state index is 0. The summed E-state index contributed by atoms with van der Waals surface area (Å²) >= 11 is 0. The van der Waals surface area contributed by atoms with E-state index in [2.05, 4.69) is 48.7 Å². The van der Waals surface area contributed by atoms with Gasteiger partial charge in [0.1, 0.15) is 0 Å². The summed E-state index contributed by atoms with van der Waals surface area (Å²) in [5.74, 6) is 0.129. The number of halogens is 1. The molecule has 1 aliphatic rings. The third kappa shape index (κ3) is 4.80. The van der Waals surface area contributed by atoms with Gasteiger partial charge >= 0.3 is 0 Å². The molecule has 0 spiro atoms. The van der Waals surface area contributed by atoms with Crippen molar-refractivity contribution in [3.05, 3.63) is 35.4 Å². The number of benzene rings is 1. The van der Waals surface area contributed by atoms with Crippen molar-refractivity contribution in [3.63, 3.8) is 0 Å². The fraction of sp³-hybridized carbons (Fsp3) is 0.562. The molecule has 2 rings (SSSR count). The zero-order valence-corrected chi connectivity index (χ0v) is 13.1. The number of rotatable bonds is 4. The van der Waals surface area contributed by atoms with Crippen molar-refractivity contribution in [2.24, 2.45) is 0 Å². The molecular formula is C16H25ClN2O. The molecule has 20 heavy (non-hydrogen) atoms. The van der Waals surface area contributed by atoms with Crippen molar-refractivity contribution in [1.29, 1.82) is 0 Å². The SMILES string of the molecule is CCc1ccc(CC(=O)NC2CCCNC2C)cc1.Cl. The van der Waals surface area contributed by atoms with Crippen LogP contribution in [-0.2, 0) is 17.6 Å². The summed E-state index contributed by atoms with van der Waals surface area (Å²) in [4.78, 5) is 12.0. The van der Waals surface area contributed by atoms with Crippen LogP contribution in [-0.4, -0.2) is 24.5 Å². The van der Waals surface area contributed by atoms with Crippen LogP contribution in [0.25, 0.3) is 0 Å². The average molecular weight is 297 g/mol. The zero-order valence-electron chi connectivity index (χ0n) is 12.3. The fourth-order valence-electron chi connectivity index (χ4n) is 2.58. The molecule has 0 aromatic heterocycles. The highest BCUT2D eigenvalue weighted by molar-refractivity contribution is 5.85. The Morgan fingerprint density at radius 3 is 2.55 bits per heavy atom. The number of amides is 1. The number of nitrogens with one attached hydrogen (secondary N) is 2. The van der Waals surface area contributed by atoms with Crippen molar-refractivity contribution in [2.45, 2.75) is 51.6 Å². The molecule has 2 N–H and O–H groups in total. The molecule has 1 aromatic rings. The molecule has 112 valence electrons. The lowest BCUT2D eigenvalue weighted by molar-refractivity contribution is -0.121. The van der Waals surface area contributed by atoms with Crippen LogP contribution >= 0.6 is 12.4 Å². The molecule has 0 bridgehead atoms. The molecule has 1 fully saturated rings. The molecule has 0 radical (unpaired) electrons. The van der Waals surface area contributed by atoms with Crippen LogP contribution in [0.1, 0.15) is 37.8 Å². The second kappa shape index (κ2) is 8.28. The molecule has 0 saturated carbocycles. The molecule has 1 aliphatic heterocycles. The van der Waals surface area contributed by atoms with Crippen molar-refractivity contribution >= 4 is 18.3 Å². The smallest absolute Gasteiger partial charge is 0.224 e. The highest BCUT2D eigenvalue weighted by Crippen LogP contribution is 2.09. The van der Waals surface area contributed by atoms with E-state index in [1.807, 2.05) is 0 Å². The van der Waals surface area contributed by atoms with Gasteiger partial charge in [-0.05, 0) is 43.9 Å². The molecule has 4 heteroatoms. The Balaban J connectivity index is 0.00000200. The summed E-state index contributed by atoms with van der Waals surface area (Å²) in [5.41, 5.74) is 2.40. The van der Waals surface area contributed by atoms with Gasteiger partial charge in [-0.3, -0.25) is 4.79 Å². The number of carbonyl (C=O) groups excluding carboxylic acids is 1. The van der Waals surface area contributed by atoms with Crippen LogP contribution in [0.3, 0.4) is 0 Å². The van der Waals surface area contributed by atoms with Crippen molar-refractivity contribution in [2.75, 3.05) is 6.54 Å². The molecule has 1 amide bonds. The standard InChI is InChI=1S/C16H24N2O.ClH/c1-3-13-6-8-14(9-7-13)11-16(19)18-15-5-4-10-17-12(15)2;/h6-9,12,15,17H,3-5,10-11H2,1-2H3,(H,18,19);1H. The maximum atomic E-state index is 12.0. The van der Waals surface area contributed by atoms with Gasteiger partial charge in [-0.1, -0.05) is 31.2 Å². The fourth-order valence-corrected chi connectivity index (χ4v) is 2.58. The van der Waals surface area contributed by atoms with Crippen LogP contribution in [0.4, 0.5) is 0 Å². The van der Waals surface area contributed by atoms with E-state index in [0.29, 0.717) is 12.5 Å². The monoisotopic (exact) mass is 296 g/mol. The van der Waals surface area contributed by atoms with Crippen LogP contribution in [0.15, 0.2) is 24.3 Å². The maximum Gasteiger partial charge on any atom is 0.224 e. The summed E-state index contributed by atoms with van der Waals surface area (Å²) in [7, 11) is 0. The average Bonchev–Trinajstić information content (AvgIpc) is 2.42. The molecule has 0 aliphatic carbocycles. The Morgan fingerprint density at radius 1 is 1.30 bits per heavy atom. The van der Waals surface area contributed by atoms with Crippen LogP contribution in [0, 0.1) is 0 Å². The van der Waals surface area contributed by atoms with Gasteiger partial charge in [-0.25, -0.2) is 0 Å². The summed E-state index contributed by atoms with van der Waals surface area (Å²) in [5, 5.41) is 6.55. The summed E-state index contributed by atoms with van der Waals surface area (Å²) in [6.07, 6.45) is 3.74. The van der Waals surface area contributed by atoms with E-state index in [4.69, 9.17) is 0 Å². The van der Waals surface area contributed by atoms with Gasteiger partial charge in [-0.2, -0.15) is 0 Å². The van der Waals surface area contributed by atoms with Gasteiger partial charge in [-0.15, -0.1) is 12.4 Å². The Hall–Kier alpha value is -1.06. The van der Waals surface area contributed by atoms with E-state index >= 15 is 0 Å². The lowest BCUT2D eigenvalue weighted by Gasteiger charge is -2.30. The lowest BCUT2D eigenvalue weighted by Crippen LogP contribution is -2.52. The van der Waals surface area contributed by atoms with E-state index in [-0.39, 0.29) is 24.4 Å². The molecule has 1 heterocycles. The number of hydrogen-bond donors (Lipinski definition) is 2. The van der Waals surface area contributed by atoms with Crippen molar-refractivity contribution in [3.8, 4) is 0 Å². The largest absolute Gasteiger partial charge is 0.352 e. The molecule has 1 aromatic carbocycles. The van der Waals surface area contributed by atoms with E-state index in [0.717, 1.165) is 31.4 Å². The van der Waals surface area contributed by atoms with E-state index in [1.165, 1.54) is 5.56 Å². The highest BCUT2D eigenvalue weighted by Gasteiger charge is 2.22. The first-order valence-corrected chi connectivity index (χ1v) is 7.29. The number of aryl methyl sites for hydroxylation is 1. The van der Waals surface area contributed by atoms with E-state index < -0.39 is 0 Å². The lowest BCUT2D eigenvalue weighted by atomic mass is 9.99. The molecule has 3 nitrogen and oxygen atoms in total. The Bertz CT molecular complexity index is 419. The third-order valence-corrected chi connectivity index (χ3v) is 3.90. The number of hydrogen-bond acceptors (Lipinski definition) is 2. The maximum absolute atomic E-state index is 12.0. The van der Waals surface area contributed by atoms with Gasteiger partial charge in [0.15, 0.2) is 0 Å². The summed E-state index contributed by atoms with van der Waals surface area (Å²) < 4.78 is 0. The first-order valence-electron chi connectivity index (χ1n) is 7.29. The second-order valence-electron chi connectivity index (χ2n) is 5.41. The first kappa shape index (κ1) is 17.0. The van der Waals surface area contributed by atoms with Gasteiger partial charge in [0, 0.05) is 12.1 Å². The van der Waals surface area contributed by atoms with Crippen LogP contribution in [0.2, 0.25) is 0 Å². The summed E-state index contributed by atoms with van der Waals surface area (Å²) in [6.45, 7) is 5.34. The molecule has 2 unspecified atom stereocenters. The molecular weight excluding hydrogens is 272 g/mol. The normalized spacial score (nSPS) is 21.9. The van der Waals surface area contributed by atoms with Crippen LogP contribution in [0.5, 0.6) is 0 Å². The topological polar surface area (TPSA) is 41.1 Å². The molecule has 1 saturated heterocycles. The minimum Gasteiger partial charge on any atom is -0.352 e. The van der Waals surface area contributed by atoms with Gasteiger partial charge in [0.05, 0.1) is 6.42 Å². The third-order valence-electron chi connectivity index (χ3n) is 3.90. The Morgan fingerprint density at radius 2 is 1.95 bits per heavy atom. The highest BCUT2D eigenvalue weighted by atomic mass is 35.5. The van der Waals surface area contributed by atoms with Gasteiger partial charge in [0.25, 0.3) is 0 Å². The molecule has 2 atom stereocenters. The van der Waals surface area contributed by atoms with Crippen molar-refractivity contribution in [1.82, 2.24) is 10.6 Å². The zero-order chi connectivity index (χ0) is 13.7. The van der Waals surface area contributed by atoms with E-state index in [1.54, 1.807) is 0 Å². The minimum absolute atomic E-state index is 0. The first-order chi connectivity index (χ1) is 9.19. The number of piperidine rings is 1. The Labute approximate surface area is 127 Å². The van der Waals surface area contributed by atoms with Crippen LogP contribution < -0.4 is 10.6 Å². The quantitative estimate of drug-likeness (QED) is 0.896. The number of carbonyl (C=O) groups is 1. The van der Waals surface area contributed by atoms with Gasteiger partial charge in [0.2, 0.25) is 5.91 Å². The van der Waals surface area contributed by atoms with Crippen molar-refractivity contribution < 1.29 is 4.79 Å². The predicted octanol–water partition coefficient (Wildman–Crippen LogP) is 2.47. The predicted molar refractivity (Wildman–Crippen MR) is 85.4 cm³/mol. The summed E-state index contributed by atoms with van der Waals surface area (Å²) in [6, 6.07) is 8.97. The van der Waals surface area contributed by atoms with E-state index in [9.17, 15) is 4.79 Å². The van der Waals surface area contributed by atoms with Gasteiger partial charge < -0.3 is 10.6 Å².